The van der Waals surface area contributed by atoms with Crippen LogP contribution in [0.1, 0.15) is 78.7 Å². The molecule has 1 heterocycles. The maximum Gasteiger partial charge on any atom is 0.335 e. The lowest BCUT2D eigenvalue weighted by molar-refractivity contribution is 0.0697. The van der Waals surface area contributed by atoms with E-state index >= 15 is 0 Å². The van der Waals surface area contributed by atoms with Crippen molar-refractivity contribution in [3.63, 3.8) is 0 Å². The quantitative estimate of drug-likeness (QED) is 0.346. The van der Waals surface area contributed by atoms with Gasteiger partial charge in [0.1, 0.15) is 0 Å². The summed E-state index contributed by atoms with van der Waals surface area (Å²) in [5, 5.41) is 15.1. The number of halogens is 1. The molecule has 1 saturated carbocycles. The van der Waals surface area contributed by atoms with Gasteiger partial charge in [-0.3, -0.25) is 0 Å². The molecule has 2 aromatic carbocycles. The normalized spacial score (nSPS) is 17.3. The van der Waals surface area contributed by atoms with Crippen molar-refractivity contribution in [2.75, 3.05) is 5.75 Å². The van der Waals surface area contributed by atoms with Gasteiger partial charge in [-0.25, -0.2) is 9.48 Å². The average Bonchev–Trinajstić information content (AvgIpc) is 3.26. The van der Waals surface area contributed by atoms with Gasteiger partial charge in [-0.1, -0.05) is 30.9 Å². The van der Waals surface area contributed by atoms with Crippen LogP contribution in [0.4, 0.5) is 0 Å². The number of hydrogen-bond acceptors (Lipinski definition) is 3. The van der Waals surface area contributed by atoms with Crippen LogP contribution in [0.15, 0.2) is 53.4 Å². The standard InChI is InChI=1S/C28H31ClN2O2S/c29-21-10-12-22(13-11-21)31-26(24-6-2-3-7-25(24)30-31)28(16-4-1-5-17-28)18-19-34-23-14-8-20(9-15-23)27(32)33/h8-15H,1-7,16-19H2,(H,32,33). The Morgan fingerprint density at radius 2 is 1.68 bits per heavy atom. The summed E-state index contributed by atoms with van der Waals surface area (Å²) in [7, 11) is 0. The molecule has 0 saturated heterocycles. The number of thioether (sulfide) groups is 1. The molecule has 178 valence electrons. The highest BCUT2D eigenvalue weighted by molar-refractivity contribution is 7.99. The highest BCUT2D eigenvalue weighted by Gasteiger charge is 2.40. The number of benzene rings is 2. The third kappa shape index (κ3) is 4.78. The van der Waals surface area contributed by atoms with Crippen molar-refractivity contribution < 1.29 is 9.90 Å². The van der Waals surface area contributed by atoms with E-state index in [1.165, 1.54) is 61.9 Å². The van der Waals surface area contributed by atoms with Crippen molar-refractivity contribution in [2.45, 2.75) is 74.5 Å². The lowest BCUT2D eigenvalue weighted by Gasteiger charge is -2.39. The second-order valence-electron chi connectivity index (χ2n) is 9.64. The van der Waals surface area contributed by atoms with Gasteiger partial charge in [0.2, 0.25) is 0 Å². The van der Waals surface area contributed by atoms with Crippen LogP contribution < -0.4 is 0 Å². The van der Waals surface area contributed by atoms with E-state index in [1.54, 1.807) is 12.1 Å². The minimum absolute atomic E-state index is 0.129. The van der Waals surface area contributed by atoms with E-state index in [2.05, 4.69) is 16.8 Å². The van der Waals surface area contributed by atoms with E-state index in [-0.39, 0.29) is 5.41 Å². The Morgan fingerprint density at radius 3 is 2.38 bits per heavy atom. The fraction of sp³-hybridized carbons (Fsp3) is 0.429. The number of carbonyl (C=O) groups is 1. The van der Waals surface area contributed by atoms with Crippen LogP contribution in [0.2, 0.25) is 5.02 Å². The molecule has 5 rings (SSSR count). The Bertz CT molecular complexity index is 1150. The lowest BCUT2D eigenvalue weighted by atomic mass is 9.68. The van der Waals surface area contributed by atoms with Gasteiger partial charge < -0.3 is 5.11 Å². The predicted octanol–water partition coefficient (Wildman–Crippen LogP) is 7.49. The molecule has 0 atom stereocenters. The van der Waals surface area contributed by atoms with Gasteiger partial charge in [0.05, 0.1) is 22.6 Å². The molecule has 6 heteroatoms. The molecule has 1 N–H and O–H groups in total. The van der Waals surface area contributed by atoms with Crippen LogP contribution in [0.3, 0.4) is 0 Å². The minimum atomic E-state index is -0.877. The summed E-state index contributed by atoms with van der Waals surface area (Å²) in [5.41, 5.74) is 5.81. The average molecular weight is 495 g/mol. The minimum Gasteiger partial charge on any atom is -0.478 e. The third-order valence-electron chi connectivity index (χ3n) is 7.49. The maximum atomic E-state index is 11.2. The highest BCUT2D eigenvalue weighted by atomic mass is 35.5. The molecular weight excluding hydrogens is 464 g/mol. The Labute approximate surface area is 210 Å². The first-order chi connectivity index (χ1) is 16.6. The number of fused-ring (bicyclic) bond motifs is 1. The van der Waals surface area contributed by atoms with Crippen LogP contribution in [0, 0.1) is 0 Å². The van der Waals surface area contributed by atoms with Gasteiger partial charge in [-0.05, 0) is 105 Å². The molecule has 2 aliphatic rings. The second-order valence-corrected chi connectivity index (χ2v) is 11.2. The SMILES string of the molecule is O=C(O)c1ccc(SCCC2(c3c4c(nn3-c3ccc(Cl)cc3)CCCC4)CCCCC2)cc1. The molecule has 0 bridgehead atoms. The van der Waals surface area contributed by atoms with E-state index in [0.29, 0.717) is 5.56 Å². The first-order valence-corrected chi connectivity index (χ1v) is 13.8. The van der Waals surface area contributed by atoms with Crippen LogP contribution in [-0.4, -0.2) is 26.6 Å². The van der Waals surface area contributed by atoms with Gasteiger partial charge >= 0.3 is 5.97 Å². The fourth-order valence-electron chi connectivity index (χ4n) is 5.76. The van der Waals surface area contributed by atoms with Crippen molar-refractivity contribution in [2.24, 2.45) is 0 Å². The lowest BCUT2D eigenvalue weighted by Crippen LogP contribution is -2.33. The number of aromatic carboxylic acids is 1. The van der Waals surface area contributed by atoms with E-state index in [4.69, 9.17) is 16.7 Å². The predicted molar refractivity (Wildman–Crippen MR) is 139 cm³/mol. The van der Waals surface area contributed by atoms with Crippen molar-refractivity contribution in [1.29, 1.82) is 0 Å². The maximum absolute atomic E-state index is 11.2. The smallest absolute Gasteiger partial charge is 0.335 e. The largest absolute Gasteiger partial charge is 0.478 e. The van der Waals surface area contributed by atoms with E-state index in [0.717, 1.165) is 40.6 Å². The molecular formula is C28H31ClN2O2S. The van der Waals surface area contributed by atoms with E-state index in [9.17, 15) is 9.90 Å². The van der Waals surface area contributed by atoms with Gasteiger partial charge in [0.25, 0.3) is 0 Å². The molecule has 0 aliphatic heterocycles. The Kier molecular flexibility index (Phi) is 7.03. The number of hydrogen-bond donors (Lipinski definition) is 1. The molecule has 4 nitrogen and oxygen atoms in total. The molecule has 1 fully saturated rings. The monoisotopic (exact) mass is 494 g/mol. The first-order valence-electron chi connectivity index (χ1n) is 12.4. The zero-order chi connectivity index (χ0) is 23.5. The summed E-state index contributed by atoms with van der Waals surface area (Å²) < 4.78 is 2.25. The summed E-state index contributed by atoms with van der Waals surface area (Å²) in [6.07, 6.45) is 12.0. The Balaban J connectivity index is 1.47. The molecule has 1 aromatic heterocycles. The number of rotatable bonds is 7. The summed E-state index contributed by atoms with van der Waals surface area (Å²) in [6, 6.07) is 15.4. The van der Waals surface area contributed by atoms with Gasteiger partial charge in [-0.2, -0.15) is 5.10 Å². The Hall–Kier alpha value is -2.24. The van der Waals surface area contributed by atoms with Crippen molar-refractivity contribution >= 4 is 29.3 Å². The fourth-order valence-corrected chi connectivity index (χ4v) is 6.94. The van der Waals surface area contributed by atoms with Crippen LogP contribution in [-0.2, 0) is 18.3 Å². The molecule has 0 radical (unpaired) electrons. The van der Waals surface area contributed by atoms with Gasteiger partial charge in [-0.15, -0.1) is 11.8 Å². The highest BCUT2D eigenvalue weighted by Crippen LogP contribution is 2.47. The van der Waals surface area contributed by atoms with Crippen molar-refractivity contribution in [3.8, 4) is 5.69 Å². The van der Waals surface area contributed by atoms with Crippen molar-refractivity contribution in [3.05, 3.63) is 76.1 Å². The summed E-state index contributed by atoms with van der Waals surface area (Å²) in [5.74, 6) is 0.130. The van der Waals surface area contributed by atoms with Gasteiger partial charge in [0, 0.05) is 15.3 Å². The number of nitrogens with zero attached hydrogens (tertiary/aromatic N) is 2. The molecule has 34 heavy (non-hydrogen) atoms. The van der Waals surface area contributed by atoms with Crippen LogP contribution in [0.25, 0.3) is 5.69 Å². The number of carboxylic acid groups (broad SMARTS) is 1. The van der Waals surface area contributed by atoms with Crippen LogP contribution in [0.5, 0.6) is 0 Å². The number of aromatic nitrogens is 2. The first kappa shape index (κ1) is 23.5. The van der Waals surface area contributed by atoms with E-state index in [1.807, 2.05) is 36.0 Å². The molecule has 0 spiro atoms. The molecule has 2 aliphatic carbocycles. The molecule has 0 amide bonds. The molecule has 0 unspecified atom stereocenters. The zero-order valence-electron chi connectivity index (χ0n) is 19.4. The summed E-state index contributed by atoms with van der Waals surface area (Å²) in [4.78, 5) is 12.3. The molecule has 3 aromatic rings. The van der Waals surface area contributed by atoms with Crippen LogP contribution >= 0.6 is 23.4 Å². The van der Waals surface area contributed by atoms with Crippen molar-refractivity contribution in [1.82, 2.24) is 9.78 Å². The summed E-state index contributed by atoms with van der Waals surface area (Å²) in [6.45, 7) is 0. The summed E-state index contributed by atoms with van der Waals surface area (Å²) >= 11 is 8.04. The second kappa shape index (κ2) is 10.2. The third-order valence-corrected chi connectivity index (χ3v) is 8.76. The number of aryl methyl sites for hydroxylation is 1. The Morgan fingerprint density at radius 1 is 0.971 bits per heavy atom. The topological polar surface area (TPSA) is 55.1 Å². The number of carboxylic acids is 1. The zero-order valence-corrected chi connectivity index (χ0v) is 21.0. The van der Waals surface area contributed by atoms with Gasteiger partial charge in [0.15, 0.2) is 0 Å². The van der Waals surface area contributed by atoms with E-state index < -0.39 is 5.97 Å².